The van der Waals surface area contributed by atoms with Gasteiger partial charge in [-0.15, -0.1) is 0 Å². The molecule has 0 amide bonds. The van der Waals surface area contributed by atoms with Gasteiger partial charge >= 0.3 is 5.69 Å². The molecule has 1 aromatic rings. The summed E-state index contributed by atoms with van der Waals surface area (Å²) >= 11 is 0. The van der Waals surface area contributed by atoms with Gasteiger partial charge in [-0.25, -0.2) is 4.79 Å². The standard InChI is InChI=1S/C12H14N2O6/c1-12(19)7(6-16)8(3-5-15)20-10(12)14-4-2-9(17)13-11(14)18/h2,4-8,10,19H,3H2,1H3,(H,13,17,18)/t7-,8-,10-,12+/m1/s1. The number of hydrogen-bond acceptors (Lipinski definition) is 6. The van der Waals surface area contributed by atoms with E-state index in [4.69, 9.17) is 4.74 Å². The number of aromatic nitrogens is 2. The van der Waals surface area contributed by atoms with Crippen molar-refractivity contribution in [3.63, 3.8) is 0 Å². The van der Waals surface area contributed by atoms with Crippen LogP contribution in [-0.4, -0.2) is 38.9 Å². The highest BCUT2D eigenvalue weighted by Crippen LogP contribution is 2.41. The van der Waals surface area contributed by atoms with Gasteiger partial charge in [-0.1, -0.05) is 0 Å². The van der Waals surface area contributed by atoms with E-state index < -0.39 is 35.1 Å². The fourth-order valence-corrected chi connectivity index (χ4v) is 2.41. The number of ether oxygens (including phenoxy) is 1. The van der Waals surface area contributed by atoms with Crippen LogP contribution in [0.3, 0.4) is 0 Å². The van der Waals surface area contributed by atoms with Crippen molar-refractivity contribution in [2.75, 3.05) is 0 Å². The second-order valence-corrected chi connectivity index (χ2v) is 4.83. The van der Waals surface area contributed by atoms with Crippen LogP contribution in [0.25, 0.3) is 0 Å². The Hall–Kier alpha value is -2.06. The third-order valence-corrected chi connectivity index (χ3v) is 3.46. The molecule has 108 valence electrons. The Morgan fingerprint density at radius 3 is 2.75 bits per heavy atom. The van der Waals surface area contributed by atoms with E-state index in [-0.39, 0.29) is 6.42 Å². The lowest BCUT2D eigenvalue weighted by molar-refractivity contribution is -0.120. The van der Waals surface area contributed by atoms with Crippen molar-refractivity contribution in [3.8, 4) is 0 Å². The molecule has 0 bridgehead atoms. The van der Waals surface area contributed by atoms with Crippen molar-refractivity contribution < 1.29 is 19.4 Å². The van der Waals surface area contributed by atoms with Gasteiger partial charge in [-0.3, -0.25) is 14.3 Å². The lowest BCUT2D eigenvalue weighted by Gasteiger charge is -2.27. The zero-order valence-corrected chi connectivity index (χ0v) is 10.7. The van der Waals surface area contributed by atoms with Crippen LogP contribution in [0.5, 0.6) is 0 Å². The van der Waals surface area contributed by atoms with Gasteiger partial charge in [0.1, 0.15) is 18.2 Å². The minimum atomic E-state index is -1.67. The van der Waals surface area contributed by atoms with Gasteiger partial charge in [-0.2, -0.15) is 0 Å². The molecule has 2 rings (SSSR count). The van der Waals surface area contributed by atoms with Crippen LogP contribution in [-0.2, 0) is 14.3 Å². The van der Waals surface area contributed by atoms with E-state index in [1.165, 1.54) is 13.1 Å². The highest BCUT2D eigenvalue weighted by molar-refractivity contribution is 5.60. The molecule has 0 aromatic carbocycles. The second kappa shape index (κ2) is 5.14. The monoisotopic (exact) mass is 282 g/mol. The van der Waals surface area contributed by atoms with Crippen LogP contribution in [0, 0.1) is 5.92 Å². The Bertz CT molecular complexity index is 631. The number of hydrogen-bond donors (Lipinski definition) is 2. The first-order valence-electron chi connectivity index (χ1n) is 6.00. The molecular weight excluding hydrogens is 268 g/mol. The molecule has 0 unspecified atom stereocenters. The summed E-state index contributed by atoms with van der Waals surface area (Å²) in [6.45, 7) is 1.35. The number of aromatic amines is 1. The predicted molar refractivity (Wildman–Crippen MR) is 66.1 cm³/mol. The Morgan fingerprint density at radius 2 is 2.20 bits per heavy atom. The first-order valence-corrected chi connectivity index (χ1v) is 6.00. The zero-order chi connectivity index (χ0) is 14.9. The summed E-state index contributed by atoms with van der Waals surface area (Å²) in [7, 11) is 0. The van der Waals surface area contributed by atoms with Gasteiger partial charge < -0.3 is 19.4 Å². The highest BCUT2D eigenvalue weighted by atomic mass is 16.5. The zero-order valence-electron chi connectivity index (χ0n) is 10.7. The van der Waals surface area contributed by atoms with Crippen molar-refractivity contribution in [2.45, 2.75) is 31.3 Å². The van der Waals surface area contributed by atoms with Crippen molar-refractivity contribution in [1.29, 1.82) is 0 Å². The lowest BCUT2D eigenvalue weighted by atomic mass is 9.86. The van der Waals surface area contributed by atoms with E-state index in [0.717, 1.165) is 10.6 Å². The van der Waals surface area contributed by atoms with Gasteiger partial charge in [0.15, 0.2) is 6.23 Å². The van der Waals surface area contributed by atoms with Gasteiger partial charge in [0.05, 0.1) is 12.0 Å². The molecule has 0 saturated carbocycles. The fourth-order valence-electron chi connectivity index (χ4n) is 2.41. The quantitative estimate of drug-likeness (QED) is 0.655. The molecule has 2 N–H and O–H groups in total. The molecule has 0 aliphatic carbocycles. The lowest BCUT2D eigenvalue weighted by Crippen LogP contribution is -2.44. The Morgan fingerprint density at radius 1 is 1.50 bits per heavy atom. The van der Waals surface area contributed by atoms with Crippen molar-refractivity contribution >= 4 is 12.6 Å². The van der Waals surface area contributed by atoms with E-state index in [0.29, 0.717) is 12.6 Å². The second-order valence-electron chi connectivity index (χ2n) is 4.83. The number of aldehydes is 2. The third-order valence-electron chi connectivity index (χ3n) is 3.46. The number of carbonyl (C=O) groups is 2. The van der Waals surface area contributed by atoms with Gasteiger partial charge in [0.2, 0.25) is 0 Å². The van der Waals surface area contributed by atoms with Gasteiger partial charge in [-0.05, 0) is 6.92 Å². The number of rotatable bonds is 4. The third kappa shape index (κ3) is 2.23. The maximum absolute atomic E-state index is 11.7. The first kappa shape index (κ1) is 14.4. The molecule has 8 heteroatoms. The molecule has 1 aliphatic heterocycles. The van der Waals surface area contributed by atoms with Crippen molar-refractivity contribution in [1.82, 2.24) is 9.55 Å². The summed E-state index contributed by atoms with van der Waals surface area (Å²) in [5.74, 6) is -0.948. The molecule has 0 spiro atoms. The van der Waals surface area contributed by atoms with E-state index in [2.05, 4.69) is 0 Å². The van der Waals surface area contributed by atoms with E-state index in [1.807, 2.05) is 4.98 Å². The molecule has 8 nitrogen and oxygen atoms in total. The van der Waals surface area contributed by atoms with Crippen LogP contribution >= 0.6 is 0 Å². The van der Waals surface area contributed by atoms with E-state index >= 15 is 0 Å². The average Bonchev–Trinajstić information content (AvgIpc) is 2.61. The summed E-state index contributed by atoms with van der Waals surface area (Å²) in [5.41, 5.74) is -3.02. The molecule has 4 atom stereocenters. The highest BCUT2D eigenvalue weighted by Gasteiger charge is 2.53. The normalized spacial score (nSPS) is 33.0. The van der Waals surface area contributed by atoms with Gasteiger partial charge in [0, 0.05) is 18.7 Å². The molecule has 2 heterocycles. The molecule has 1 saturated heterocycles. The Balaban J connectivity index is 2.46. The van der Waals surface area contributed by atoms with Crippen LogP contribution in [0.4, 0.5) is 0 Å². The number of aliphatic hydroxyl groups is 1. The summed E-state index contributed by atoms with van der Waals surface area (Å²) in [6, 6.07) is 1.10. The molecular formula is C12H14N2O6. The van der Waals surface area contributed by atoms with E-state index in [9.17, 15) is 24.3 Å². The largest absolute Gasteiger partial charge is 0.385 e. The number of carbonyl (C=O) groups excluding carboxylic acids is 2. The fraction of sp³-hybridized carbons (Fsp3) is 0.500. The average molecular weight is 282 g/mol. The molecule has 0 radical (unpaired) electrons. The Labute approximate surface area is 113 Å². The molecule has 20 heavy (non-hydrogen) atoms. The number of nitrogens with one attached hydrogen (secondary N) is 1. The first-order chi connectivity index (χ1) is 9.41. The maximum Gasteiger partial charge on any atom is 0.330 e. The topological polar surface area (TPSA) is 118 Å². The van der Waals surface area contributed by atoms with Crippen LogP contribution in [0.1, 0.15) is 19.6 Å². The van der Waals surface area contributed by atoms with E-state index in [1.54, 1.807) is 0 Å². The van der Waals surface area contributed by atoms with Crippen LogP contribution < -0.4 is 11.2 Å². The molecule has 1 aromatic heterocycles. The number of H-pyrrole nitrogens is 1. The summed E-state index contributed by atoms with van der Waals surface area (Å²) in [4.78, 5) is 46.5. The smallest absolute Gasteiger partial charge is 0.330 e. The minimum absolute atomic E-state index is 0.0752. The van der Waals surface area contributed by atoms with Gasteiger partial charge in [0.25, 0.3) is 5.56 Å². The molecule has 1 fully saturated rings. The molecule has 1 aliphatic rings. The summed E-state index contributed by atoms with van der Waals surface area (Å²) in [6.07, 6.45) is 0.204. The SMILES string of the molecule is C[C@]1(O)[C@H](C=O)[C@@H](CC=O)O[C@H]1n1ccc(=O)[nH]c1=O. The summed E-state index contributed by atoms with van der Waals surface area (Å²) < 4.78 is 6.44. The minimum Gasteiger partial charge on any atom is -0.385 e. The van der Waals surface area contributed by atoms with Crippen molar-refractivity contribution in [3.05, 3.63) is 33.1 Å². The van der Waals surface area contributed by atoms with Crippen LogP contribution in [0.2, 0.25) is 0 Å². The Kier molecular flexibility index (Phi) is 3.69. The van der Waals surface area contributed by atoms with Crippen molar-refractivity contribution in [2.24, 2.45) is 5.92 Å². The predicted octanol–water partition coefficient (Wildman–Crippen LogP) is -1.41. The number of nitrogens with zero attached hydrogens (tertiary/aromatic N) is 1. The van der Waals surface area contributed by atoms with Crippen LogP contribution in [0.15, 0.2) is 21.9 Å². The maximum atomic E-state index is 11.7. The summed E-state index contributed by atoms with van der Waals surface area (Å²) in [5, 5.41) is 10.4.